The highest BCUT2D eigenvalue weighted by molar-refractivity contribution is 6.14. The fraction of sp³-hybridized carbons (Fsp3) is 0. The summed E-state index contributed by atoms with van der Waals surface area (Å²) in [5, 5.41) is 4.47. The lowest BCUT2D eigenvalue weighted by Gasteiger charge is -1.90. The number of rotatable bonds is 0. The Morgan fingerprint density at radius 1 is 0.450 bits per heavy atom. The number of furan rings is 2. The van der Waals surface area contributed by atoms with Crippen LogP contribution in [0.15, 0.2) is 69.5 Å². The predicted molar refractivity (Wildman–Crippen MR) is 81.0 cm³/mol. The Hall–Kier alpha value is -2.74. The van der Waals surface area contributed by atoms with Gasteiger partial charge in [0.05, 0.1) is 0 Å². The zero-order valence-corrected chi connectivity index (χ0v) is 10.6. The van der Waals surface area contributed by atoms with Gasteiger partial charge in [0.25, 0.3) is 0 Å². The lowest BCUT2D eigenvalue weighted by atomic mass is 10.1. The fourth-order valence-corrected chi connectivity index (χ4v) is 2.94. The summed E-state index contributed by atoms with van der Waals surface area (Å²) in [5.74, 6) is 0. The van der Waals surface area contributed by atoms with E-state index in [0.29, 0.717) is 0 Å². The van der Waals surface area contributed by atoms with E-state index in [4.69, 9.17) is 8.83 Å². The lowest BCUT2D eigenvalue weighted by molar-refractivity contribution is 0.664. The van der Waals surface area contributed by atoms with Gasteiger partial charge >= 0.3 is 0 Å². The van der Waals surface area contributed by atoms with Crippen molar-refractivity contribution in [1.82, 2.24) is 0 Å². The van der Waals surface area contributed by atoms with Gasteiger partial charge in [-0.2, -0.15) is 0 Å². The van der Waals surface area contributed by atoms with Crippen LogP contribution in [0.5, 0.6) is 0 Å². The second-order valence-electron chi connectivity index (χ2n) is 5.04. The summed E-state index contributed by atoms with van der Waals surface area (Å²) in [6.07, 6.45) is 0. The van der Waals surface area contributed by atoms with Crippen molar-refractivity contribution in [3.05, 3.63) is 60.7 Å². The molecule has 5 aromatic rings. The molecule has 2 heterocycles. The van der Waals surface area contributed by atoms with E-state index in [2.05, 4.69) is 24.3 Å². The minimum atomic E-state index is 0.908. The average molecular weight is 258 g/mol. The number of benzene rings is 3. The first kappa shape index (κ1) is 10.1. The van der Waals surface area contributed by atoms with Crippen LogP contribution in [0, 0.1) is 0 Å². The SMILES string of the molecule is c1ccc2c(c1)oc1cc3c(cc12)oc1ccccc13. The number of hydrogen-bond acceptors (Lipinski definition) is 2. The summed E-state index contributed by atoms with van der Waals surface area (Å²) in [4.78, 5) is 0. The van der Waals surface area contributed by atoms with Crippen LogP contribution in [0.1, 0.15) is 0 Å². The highest BCUT2D eigenvalue weighted by atomic mass is 16.3. The molecule has 0 N–H and O–H groups in total. The molecule has 0 atom stereocenters. The fourth-order valence-electron chi connectivity index (χ4n) is 2.94. The molecule has 0 bridgehead atoms. The van der Waals surface area contributed by atoms with E-state index in [1.807, 2.05) is 36.4 Å². The highest BCUT2D eigenvalue weighted by Crippen LogP contribution is 2.36. The van der Waals surface area contributed by atoms with E-state index < -0.39 is 0 Å². The van der Waals surface area contributed by atoms with Crippen LogP contribution in [0.4, 0.5) is 0 Å². The molecule has 0 aliphatic heterocycles. The molecule has 0 saturated heterocycles. The van der Waals surface area contributed by atoms with Crippen LogP contribution in [0.25, 0.3) is 43.9 Å². The molecule has 0 saturated carbocycles. The first-order valence-corrected chi connectivity index (χ1v) is 6.63. The topological polar surface area (TPSA) is 26.3 Å². The minimum Gasteiger partial charge on any atom is -0.456 e. The summed E-state index contributed by atoms with van der Waals surface area (Å²) in [7, 11) is 0. The maximum Gasteiger partial charge on any atom is 0.136 e. The molecule has 2 aromatic heterocycles. The van der Waals surface area contributed by atoms with Crippen LogP contribution < -0.4 is 0 Å². The van der Waals surface area contributed by atoms with Gasteiger partial charge in [0.1, 0.15) is 22.3 Å². The van der Waals surface area contributed by atoms with Crippen LogP contribution >= 0.6 is 0 Å². The van der Waals surface area contributed by atoms with E-state index >= 15 is 0 Å². The standard InChI is InChI=1S/C18H10O2/c1-3-7-15-11(5-1)13-9-18-14(10-17(13)19-15)12-6-2-4-8-16(12)20-18/h1-10H. The lowest BCUT2D eigenvalue weighted by Crippen LogP contribution is -1.68. The van der Waals surface area contributed by atoms with E-state index in [1.165, 1.54) is 0 Å². The number of fused-ring (bicyclic) bond motifs is 6. The van der Waals surface area contributed by atoms with Crippen molar-refractivity contribution in [2.45, 2.75) is 0 Å². The molecule has 2 nitrogen and oxygen atoms in total. The monoisotopic (exact) mass is 258 g/mol. The Morgan fingerprint density at radius 2 is 0.900 bits per heavy atom. The summed E-state index contributed by atoms with van der Waals surface area (Å²) in [6.45, 7) is 0. The van der Waals surface area contributed by atoms with Gasteiger partial charge in [-0.25, -0.2) is 0 Å². The van der Waals surface area contributed by atoms with Gasteiger partial charge in [-0.05, 0) is 24.3 Å². The zero-order chi connectivity index (χ0) is 13.1. The molecule has 0 aliphatic rings. The molecular weight excluding hydrogens is 248 g/mol. The average Bonchev–Trinajstić information content (AvgIpc) is 3.02. The molecule has 20 heavy (non-hydrogen) atoms. The molecular formula is C18H10O2. The smallest absolute Gasteiger partial charge is 0.136 e. The second kappa shape index (κ2) is 3.42. The van der Waals surface area contributed by atoms with Crippen LogP contribution in [0.2, 0.25) is 0 Å². The zero-order valence-electron chi connectivity index (χ0n) is 10.6. The maximum absolute atomic E-state index is 5.94. The molecule has 0 aliphatic carbocycles. The van der Waals surface area contributed by atoms with Crippen LogP contribution in [-0.4, -0.2) is 0 Å². The van der Waals surface area contributed by atoms with Gasteiger partial charge in [0.2, 0.25) is 0 Å². The van der Waals surface area contributed by atoms with Gasteiger partial charge in [-0.1, -0.05) is 36.4 Å². The van der Waals surface area contributed by atoms with E-state index in [9.17, 15) is 0 Å². The van der Waals surface area contributed by atoms with Crippen molar-refractivity contribution >= 4 is 43.9 Å². The van der Waals surface area contributed by atoms with Gasteiger partial charge in [-0.15, -0.1) is 0 Å². The summed E-state index contributed by atoms with van der Waals surface area (Å²) in [5.41, 5.74) is 3.65. The first-order valence-electron chi connectivity index (χ1n) is 6.63. The largest absolute Gasteiger partial charge is 0.456 e. The van der Waals surface area contributed by atoms with Crippen molar-refractivity contribution in [1.29, 1.82) is 0 Å². The van der Waals surface area contributed by atoms with Gasteiger partial charge in [0.15, 0.2) is 0 Å². The van der Waals surface area contributed by atoms with Gasteiger partial charge in [0, 0.05) is 21.5 Å². The van der Waals surface area contributed by atoms with Crippen LogP contribution in [0.3, 0.4) is 0 Å². The quantitative estimate of drug-likeness (QED) is 0.367. The maximum atomic E-state index is 5.94. The third-order valence-electron chi connectivity index (χ3n) is 3.88. The van der Waals surface area contributed by atoms with Crippen molar-refractivity contribution in [3.8, 4) is 0 Å². The molecule has 3 aromatic carbocycles. The molecule has 0 amide bonds. The van der Waals surface area contributed by atoms with E-state index in [-0.39, 0.29) is 0 Å². The summed E-state index contributed by atoms with van der Waals surface area (Å²) >= 11 is 0. The molecule has 2 heteroatoms. The third-order valence-corrected chi connectivity index (χ3v) is 3.88. The van der Waals surface area contributed by atoms with Crippen molar-refractivity contribution in [2.24, 2.45) is 0 Å². The molecule has 0 radical (unpaired) electrons. The Labute approximate surface area is 114 Å². The Balaban J connectivity index is 2.05. The molecule has 0 spiro atoms. The third kappa shape index (κ3) is 1.18. The van der Waals surface area contributed by atoms with Crippen LogP contribution in [-0.2, 0) is 0 Å². The van der Waals surface area contributed by atoms with E-state index in [0.717, 1.165) is 43.9 Å². The van der Waals surface area contributed by atoms with Crippen molar-refractivity contribution in [2.75, 3.05) is 0 Å². The van der Waals surface area contributed by atoms with E-state index in [1.54, 1.807) is 0 Å². The summed E-state index contributed by atoms with van der Waals surface area (Å²) < 4.78 is 11.9. The molecule has 0 unspecified atom stereocenters. The normalized spacial score (nSPS) is 12.0. The molecule has 0 fully saturated rings. The number of para-hydroxylation sites is 2. The Bertz CT molecular complexity index is 1010. The highest BCUT2D eigenvalue weighted by Gasteiger charge is 2.12. The minimum absolute atomic E-state index is 0.908. The molecule has 94 valence electrons. The van der Waals surface area contributed by atoms with Gasteiger partial charge < -0.3 is 8.83 Å². The van der Waals surface area contributed by atoms with Crippen molar-refractivity contribution in [3.63, 3.8) is 0 Å². The number of hydrogen-bond donors (Lipinski definition) is 0. The summed E-state index contributed by atoms with van der Waals surface area (Å²) in [6, 6.07) is 20.3. The van der Waals surface area contributed by atoms with Crippen molar-refractivity contribution < 1.29 is 8.83 Å². The van der Waals surface area contributed by atoms with Gasteiger partial charge in [-0.3, -0.25) is 0 Å². The first-order chi connectivity index (χ1) is 9.90. The Kier molecular flexibility index (Phi) is 1.73. The predicted octanol–water partition coefficient (Wildman–Crippen LogP) is 5.49. The molecule has 5 rings (SSSR count). The Morgan fingerprint density at radius 3 is 1.40 bits per heavy atom. The second-order valence-corrected chi connectivity index (χ2v) is 5.04.